The fraction of sp³-hybridized carbons (Fsp3) is 0.375. The fourth-order valence-electron chi connectivity index (χ4n) is 2.41. The molecule has 0 radical (unpaired) electrons. The summed E-state index contributed by atoms with van der Waals surface area (Å²) < 4.78 is 41.1. The van der Waals surface area contributed by atoms with Gasteiger partial charge >= 0.3 is 6.18 Å². The van der Waals surface area contributed by atoms with Crippen LogP contribution in [0, 0.1) is 0 Å². The van der Waals surface area contributed by atoms with E-state index in [0.29, 0.717) is 11.3 Å². The summed E-state index contributed by atoms with van der Waals surface area (Å²) >= 11 is 0. The second-order valence-electron chi connectivity index (χ2n) is 5.74. The van der Waals surface area contributed by atoms with E-state index in [1.807, 2.05) is 0 Å². The van der Waals surface area contributed by atoms with Gasteiger partial charge in [0.15, 0.2) is 0 Å². The summed E-state index contributed by atoms with van der Waals surface area (Å²) in [6.45, 7) is -0.351. The first-order chi connectivity index (χ1) is 11.6. The average Bonchev–Trinajstić information content (AvgIpc) is 2.95. The largest absolute Gasteiger partial charge is 0.424 e. The van der Waals surface area contributed by atoms with E-state index in [-0.39, 0.29) is 13.0 Å². The predicted octanol–water partition coefficient (Wildman–Crippen LogP) is 1.50. The number of amides is 1. The molecule has 1 aromatic heterocycles. The van der Waals surface area contributed by atoms with Gasteiger partial charge in [-0.05, 0) is 17.7 Å². The van der Waals surface area contributed by atoms with Crippen molar-refractivity contribution in [1.29, 1.82) is 0 Å². The Kier molecular flexibility index (Phi) is 5.36. The summed E-state index contributed by atoms with van der Waals surface area (Å²) in [6.07, 6.45) is -3.17. The number of hydrogen-bond donors (Lipinski definition) is 3. The topological polar surface area (TPSA) is 93.2 Å². The van der Waals surface area contributed by atoms with Gasteiger partial charge in [-0.25, -0.2) is 4.98 Å². The highest BCUT2D eigenvalue weighted by Crippen LogP contribution is 2.40. The van der Waals surface area contributed by atoms with Crippen molar-refractivity contribution in [2.75, 3.05) is 12.3 Å². The van der Waals surface area contributed by atoms with Crippen molar-refractivity contribution in [2.24, 2.45) is 7.05 Å². The lowest BCUT2D eigenvalue weighted by Crippen LogP contribution is -2.46. The van der Waals surface area contributed by atoms with E-state index >= 15 is 0 Å². The van der Waals surface area contributed by atoms with Crippen molar-refractivity contribution in [3.8, 4) is 0 Å². The highest BCUT2D eigenvalue weighted by atomic mass is 19.4. The number of anilines is 1. The number of nitrogen functional groups attached to an aromatic ring is 1. The molecule has 4 N–H and O–H groups in total. The third kappa shape index (κ3) is 4.30. The third-order valence-electron chi connectivity index (χ3n) is 3.81. The number of carbonyl (C=O) groups excluding carboxylic acids is 1. The van der Waals surface area contributed by atoms with Crippen molar-refractivity contribution in [3.63, 3.8) is 0 Å². The van der Waals surface area contributed by atoms with E-state index in [2.05, 4.69) is 10.3 Å². The van der Waals surface area contributed by atoms with E-state index in [4.69, 9.17) is 5.73 Å². The molecular weight excluding hydrogens is 337 g/mol. The number of rotatable bonds is 6. The van der Waals surface area contributed by atoms with Crippen molar-refractivity contribution in [2.45, 2.75) is 24.6 Å². The molecule has 0 saturated carbocycles. The second kappa shape index (κ2) is 7.14. The van der Waals surface area contributed by atoms with Gasteiger partial charge in [0.05, 0.1) is 6.42 Å². The first-order valence-corrected chi connectivity index (χ1v) is 7.51. The summed E-state index contributed by atoms with van der Waals surface area (Å²) in [5.74, 6) is -0.970. The summed E-state index contributed by atoms with van der Waals surface area (Å²) in [5, 5.41) is 12.5. The molecular formula is C16H19F3N4O2. The Hall–Kier alpha value is -2.55. The van der Waals surface area contributed by atoms with Gasteiger partial charge in [-0.3, -0.25) is 4.79 Å². The molecule has 2 aromatic rings. The number of hydrogen-bond acceptors (Lipinski definition) is 4. The van der Waals surface area contributed by atoms with E-state index in [9.17, 15) is 23.1 Å². The Morgan fingerprint density at radius 2 is 1.96 bits per heavy atom. The van der Waals surface area contributed by atoms with Crippen molar-refractivity contribution in [1.82, 2.24) is 14.9 Å². The molecule has 25 heavy (non-hydrogen) atoms. The molecule has 9 heteroatoms. The number of aliphatic hydroxyl groups is 1. The Labute approximate surface area is 142 Å². The number of halogens is 3. The van der Waals surface area contributed by atoms with Crippen LogP contribution in [0.1, 0.15) is 17.8 Å². The minimum Gasteiger partial charge on any atom is -0.399 e. The Morgan fingerprint density at radius 3 is 2.48 bits per heavy atom. The molecule has 0 aliphatic carbocycles. The molecule has 1 aromatic carbocycles. The van der Waals surface area contributed by atoms with Crippen LogP contribution >= 0.6 is 0 Å². The Bertz CT molecular complexity index is 728. The minimum atomic E-state index is -4.92. The molecule has 1 amide bonds. The van der Waals surface area contributed by atoms with Gasteiger partial charge < -0.3 is 20.7 Å². The van der Waals surface area contributed by atoms with Crippen LogP contribution in [0.25, 0.3) is 0 Å². The van der Waals surface area contributed by atoms with Crippen LogP contribution in [0.3, 0.4) is 0 Å². The number of alkyl halides is 3. The van der Waals surface area contributed by atoms with Crippen LogP contribution in [0.4, 0.5) is 18.9 Å². The lowest BCUT2D eigenvalue weighted by Gasteiger charge is -2.30. The number of benzene rings is 1. The van der Waals surface area contributed by atoms with Crippen LogP contribution in [0.15, 0.2) is 36.7 Å². The summed E-state index contributed by atoms with van der Waals surface area (Å²) in [6, 6.07) is 6.59. The smallest absolute Gasteiger partial charge is 0.399 e. The molecule has 0 saturated heterocycles. The monoisotopic (exact) mass is 356 g/mol. The van der Waals surface area contributed by atoms with E-state index < -0.39 is 29.9 Å². The molecule has 0 aliphatic heterocycles. The number of imidazole rings is 1. The average molecular weight is 356 g/mol. The molecule has 1 heterocycles. The maximum Gasteiger partial charge on any atom is 0.424 e. The van der Waals surface area contributed by atoms with Gasteiger partial charge in [-0.2, -0.15) is 13.2 Å². The second-order valence-corrected chi connectivity index (χ2v) is 5.74. The van der Waals surface area contributed by atoms with Crippen LogP contribution in [0.5, 0.6) is 0 Å². The molecule has 0 bridgehead atoms. The molecule has 0 spiro atoms. The number of nitrogens with two attached hydrogens (primary N) is 1. The standard InChI is InChI=1S/C16H19F3N4O2/c1-23-9-8-22-14(23)15(25,16(17,18)19)6-7-21-13(24)10-11-2-4-12(20)5-3-11/h2-5,8-9,25H,6-7,10,20H2,1H3,(H,21,24). The third-order valence-corrected chi connectivity index (χ3v) is 3.81. The molecule has 2 rings (SSSR count). The van der Waals surface area contributed by atoms with Crippen LogP contribution in [0.2, 0.25) is 0 Å². The fourth-order valence-corrected chi connectivity index (χ4v) is 2.41. The molecule has 6 nitrogen and oxygen atoms in total. The first-order valence-electron chi connectivity index (χ1n) is 7.51. The van der Waals surface area contributed by atoms with Gasteiger partial charge in [-0.15, -0.1) is 0 Å². The summed E-state index contributed by atoms with van der Waals surface area (Å²) in [5.41, 5.74) is 3.64. The maximum absolute atomic E-state index is 13.3. The van der Waals surface area contributed by atoms with Crippen molar-refractivity contribution >= 4 is 11.6 Å². The zero-order valence-electron chi connectivity index (χ0n) is 13.5. The summed E-state index contributed by atoms with van der Waals surface area (Å²) in [4.78, 5) is 15.5. The zero-order valence-corrected chi connectivity index (χ0v) is 13.5. The Balaban J connectivity index is 1.98. The number of nitrogens with one attached hydrogen (secondary N) is 1. The van der Waals surface area contributed by atoms with E-state index in [0.717, 1.165) is 4.57 Å². The maximum atomic E-state index is 13.3. The number of aryl methyl sites for hydroxylation is 1. The normalized spacial score (nSPS) is 14.1. The summed E-state index contributed by atoms with van der Waals surface area (Å²) in [7, 11) is 1.36. The zero-order chi connectivity index (χ0) is 18.7. The SMILES string of the molecule is Cn1ccnc1C(O)(CCNC(=O)Cc1ccc(N)cc1)C(F)(F)F. The highest BCUT2D eigenvalue weighted by Gasteiger charge is 2.57. The number of nitrogens with zero attached hydrogens (tertiary/aromatic N) is 2. The Morgan fingerprint density at radius 1 is 1.32 bits per heavy atom. The molecule has 0 aliphatic rings. The van der Waals surface area contributed by atoms with Gasteiger partial charge in [-0.1, -0.05) is 12.1 Å². The highest BCUT2D eigenvalue weighted by molar-refractivity contribution is 5.78. The first kappa shape index (κ1) is 18.8. The minimum absolute atomic E-state index is 0.00707. The van der Waals surface area contributed by atoms with Crippen LogP contribution in [-0.2, 0) is 23.9 Å². The lowest BCUT2D eigenvalue weighted by molar-refractivity contribution is -0.272. The lowest BCUT2D eigenvalue weighted by atomic mass is 9.97. The predicted molar refractivity (Wildman–Crippen MR) is 85.3 cm³/mol. The van der Waals surface area contributed by atoms with Crippen molar-refractivity contribution < 1.29 is 23.1 Å². The van der Waals surface area contributed by atoms with Crippen LogP contribution < -0.4 is 11.1 Å². The van der Waals surface area contributed by atoms with Crippen LogP contribution in [-0.4, -0.2) is 33.3 Å². The number of carbonyl (C=O) groups is 1. The molecule has 0 fully saturated rings. The van der Waals surface area contributed by atoms with Gasteiger partial charge in [0.2, 0.25) is 11.5 Å². The molecule has 1 unspecified atom stereocenters. The van der Waals surface area contributed by atoms with Crippen molar-refractivity contribution in [3.05, 3.63) is 48.0 Å². The molecule has 1 atom stereocenters. The van der Waals surface area contributed by atoms with Gasteiger partial charge in [0.1, 0.15) is 5.82 Å². The van der Waals surface area contributed by atoms with E-state index in [1.54, 1.807) is 24.3 Å². The molecule has 136 valence electrons. The number of aromatic nitrogens is 2. The van der Waals surface area contributed by atoms with E-state index in [1.165, 1.54) is 19.4 Å². The quantitative estimate of drug-likeness (QED) is 0.684. The van der Waals surface area contributed by atoms with Gasteiger partial charge in [0.25, 0.3) is 0 Å². The van der Waals surface area contributed by atoms with Gasteiger partial charge in [0, 0.05) is 38.1 Å².